The molecule has 1 unspecified atom stereocenters. The van der Waals surface area contributed by atoms with Gasteiger partial charge in [0.05, 0.1) is 0 Å². The van der Waals surface area contributed by atoms with Crippen molar-refractivity contribution >= 4 is 11.3 Å². The molecule has 1 aromatic carbocycles. The molecule has 0 amide bonds. The lowest BCUT2D eigenvalue weighted by Crippen LogP contribution is -2.27. The summed E-state index contributed by atoms with van der Waals surface area (Å²) in [4.78, 5) is 1.22. The Labute approximate surface area is 120 Å². The average molecular weight is 298 g/mol. The fourth-order valence-corrected chi connectivity index (χ4v) is 2.51. The van der Waals surface area contributed by atoms with Gasteiger partial charge in [0.2, 0.25) is 0 Å². The number of alkyl halides is 2. The van der Waals surface area contributed by atoms with Gasteiger partial charge in [-0.2, -0.15) is 8.78 Å². The molecule has 0 saturated carbocycles. The van der Waals surface area contributed by atoms with E-state index in [0.29, 0.717) is 6.54 Å². The van der Waals surface area contributed by atoms with Crippen molar-refractivity contribution < 1.29 is 13.5 Å². The number of benzene rings is 1. The van der Waals surface area contributed by atoms with Gasteiger partial charge in [0, 0.05) is 24.0 Å². The second-order valence-corrected chi connectivity index (χ2v) is 5.23. The Morgan fingerprint density at radius 3 is 2.50 bits per heavy atom. The smallest absolute Gasteiger partial charge is 0.387 e. The first-order valence-corrected chi connectivity index (χ1v) is 7.07. The molecule has 1 heterocycles. The molecule has 2 aromatic rings. The van der Waals surface area contributed by atoms with Gasteiger partial charge >= 0.3 is 6.61 Å². The van der Waals surface area contributed by atoms with E-state index in [1.165, 1.54) is 17.0 Å². The average Bonchev–Trinajstić information content (AvgIpc) is 2.94. The minimum atomic E-state index is -2.80. The molecule has 0 fully saturated rings. The normalized spacial score (nSPS) is 12.6. The summed E-state index contributed by atoms with van der Waals surface area (Å²) in [5.41, 5.74) is 6.70. The minimum Gasteiger partial charge on any atom is -0.435 e. The Balaban J connectivity index is 1.96. The molecule has 3 N–H and O–H groups in total. The lowest BCUT2D eigenvalue weighted by atomic mass is 10.1. The Hall–Kier alpha value is -1.50. The van der Waals surface area contributed by atoms with Crippen molar-refractivity contribution in [2.24, 2.45) is 5.73 Å². The van der Waals surface area contributed by atoms with Crippen LogP contribution in [-0.2, 0) is 6.54 Å². The molecular formula is C14H16F2N2OS. The van der Waals surface area contributed by atoms with E-state index in [0.717, 1.165) is 12.1 Å². The van der Waals surface area contributed by atoms with E-state index in [1.54, 1.807) is 23.5 Å². The molecule has 3 nitrogen and oxygen atoms in total. The molecule has 1 atom stereocenters. The maximum absolute atomic E-state index is 12.1. The molecule has 0 spiro atoms. The van der Waals surface area contributed by atoms with E-state index >= 15 is 0 Å². The molecule has 0 radical (unpaired) electrons. The van der Waals surface area contributed by atoms with Gasteiger partial charge in [-0.25, -0.2) is 0 Å². The van der Waals surface area contributed by atoms with Crippen LogP contribution in [0.5, 0.6) is 5.75 Å². The van der Waals surface area contributed by atoms with E-state index < -0.39 is 6.61 Å². The minimum absolute atomic E-state index is 0.0160. The quantitative estimate of drug-likeness (QED) is 0.825. The summed E-state index contributed by atoms with van der Waals surface area (Å²) >= 11 is 1.67. The number of rotatable bonds is 7. The summed E-state index contributed by atoms with van der Waals surface area (Å²) < 4.78 is 28.5. The van der Waals surface area contributed by atoms with Crippen LogP contribution in [0, 0.1) is 0 Å². The zero-order valence-corrected chi connectivity index (χ0v) is 11.6. The predicted molar refractivity (Wildman–Crippen MR) is 76.0 cm³/mol. The van der Waals surface area contributed by atoms with Crippen LogP contribution in [0.15, 0.2) is 41.8 Å². The van der Waals surface area contributed by atoms with E-state index in [1.807, 2.05) is 17.5 Å². The molecule has 20 heavy (non-hydrogen) atoms. The number of hydrogen-bond acceptors (Lipinski definition) is 4. The van der Waals surface area contributed by atoms with Crippen LogP contribution in [0.25, 0.3) is 0 Å². The summed E-state index contributed by atoms with van der Waals surface area (Å²) in [6, 6.07) is 10.6. The molecule has 2 rings (SSSR count). The standard InChI is InChI=1S/C14H16F2N2OS/c15-14(16)19-11-5-3-10(4-6-11)13(8-17)18-9-12-2-1-7-20-12/h1-7,13-14,18H,8-9,17H2. The van der Waals surface area contributed by atoms with Gasteiger partial charge in [0.15, 0.2) is 0 Å². The Kier molecular flexibility index (Phi) is 5.46. The molecular weight excluding hydrogens is 282 g/mol. The summed E-state index contributed by atoms with van der Waals surface area (Å²) in [6.45, 7) is -1.64. The van der Waals surface area contributed by atoms with E-state index in [4.69, 9.17) is 5.73 Å². The van der Waals surface area contributed by atoms with Gasteiger partial charge in [-0.1, -0.05) is 18.2 Å². The molecule has 0 aliphatic rings. The zero-order chi connectivity index (χ0) is 14.4. The van der Waals surface area contributed by atoms with Crippen LogP contribution in [0.2, 0.25) is 0 Å². The first kappa shape index (κ1) is 14.9. The van der Waals surface area contributed by atoms with Crippen LogP contribution < -0.4 is 15.8 Å². The summed E-state index contributed by atoms with van der Waals surface area (Å²) in [6.07, 6.45) is 0. The van der Waals surface area contributed by atoms with Crippen LogP contribution in [0.3, 0.4) is 0 Å². The van der Waals surface area contributed by atoms with Crippen LogP contribution >= 0.6 is 11.3 Å². The number of halogens is 2. The highest BCUT2D eigenvalue weighted by Crippen LogP contribution is 2.19. The third kappa shape index (κ3) is 4.26. The van der Waals surface area contributed by atoms with Crippen molar-refractivity contribution in [2.45, 2.75) is 19.2 Å². The van der Waals surface area contributed by atoms with Gasteiger partial charge in [-0.05, 0) is 29.1 Å². The Bertz CT molecular complexity index is 502. The number of nitrogens with two attached hydrogens (primary N) is 1. The maximum atomic E-state index is 12.1. The third-order valence-electron chi connectivity index (χ3n) is 2.85. The van der Waals surface area contributed by atoms with Crippen LogP contribution in [0.1, 0.15) is 16.5 Å². The van der Waals surface area contributed by atoms with Crippen molar-refractivity contribution in [3.8, 4) is 5.75 Å². The molecule has 0 aliphatic heterocycles. The number of ether oxygens (including phenoxy) is 1. The largest absolute Gasteiger partial charge is 0.435 e. The van der Waals surface area contributed by atoms with Gasteiger partial charge < -0.3 is 15.8 Å². The van der Waals surface area contributed by atoms with Crippen LogP contribution in [0.4, 0.5) is 8.78 Å². The van der Waals surface area contributed by atoms with Gasteiger partial charge in [0.25, 0.3) is 0 Å². The van der Waals surface area contributed by atoms with E-state index in [-0.39, 0.29) is 11.8 Å². The van der Waals surface area contributed by atoms with Crippen molar-refractivity contribution in [1.82, 2.24) is 5.32 Å². The number of hydrogen-bond donors (Lipinski definition) is 2. The lowest BCUT2D eigenvalue weighted by molar-refractivity contribution is -0.0498. The van der Waals surface area contributed by atoms with Crippen molar-refractivity contribution in [1.29, 1.82) is 0 Å². The first-order chi connectivity index (χ1) is 9.69. The summed E-state index contributed by atoms with van der Waals surface area (Å²) in [7, 11) is 0. The first-order valence-electron chi connectivity index (χ1n) is 6.19. The number of nitrogens with one attached hydrogen (secondary N) is 1. The number of thiophene rings is 1. The van der Waals surface area contributed by atoms with E-state index in [9.17, 15) is 8.78 Å². The molecule has 0 bridgehead atoms. The molecule has 108 valence electrons. The molecule has 1 aromatic heterocycles. The second-order valence-electron chi connectivity index (χ2n) is 4.20. The highest BCUT2D eigenvalue weighted by molar-refractivity contribution is 7.09. The zero-order valence-electron chi connectivity index (χ0n) is 10.8. The Morgan fingerprint density at radius 2 is 1.95 bits per heavy atom. The lowest BCUT2D eigenvalue weighted by Gasteiger charge is -2.17. The van der Waals surface area contributed by atoms with Crippen LogP contribution in [-0.4, -0.2) is 13.2 Å². The van der Waals surface area contributed by atoms with E-state index in [2.05, 4.69) is 10.1 Å². The van der Waals surface area contributed by atoms with Gasteiger partial charge in [-0.15, -0.1) is 11.3 Å². The van der Waals surface area contributed by atoms with Gasteiger partial charge in [0.1, 0.15) is 5.75 Å². The Morgan fingerprint density at radius 1 is 1.20 bits per heavy atom. The molecule has 0 aliphatic carbocycles. The molecule has 0 saturated heterocycles. The summed E-state index contributed by atoms with van der Waals surface area (Å²) in [5.74, 6) is 0.151. The van der Waals surface area contributed by atoms with Gasteiger partial charge in [-0.3, -0.25) is 0 Å². The fraction of sp³-hybridized carbons (Fsp3) is 0.286. The van der Waals surface area contributed by atoms with Crippen molar-refractivity contribution in [2.75, 3.05) is 6.54 Å². The second kappa shape index (κ2) is 7.33. The summed E-state index contributed by atoms with van der Waals surface area (Å²) in [5, 5.41) is 5.36. The topological polar surface area (TPSA) is 47.3 Å². The highest BCUT2D eigenvalue weighted by Gasteiger charge is 2.10. The SMILES string of the molecule is NCC(NCc1cccs1)c1ccc(OC(F)F)cc1. The maximum Gasteiger partial charge on any atom is 0.387 e. The highest BCUT2D eigenvalue weighted by atomic mass is 32.1. The molecule has 6 heteroatoms. The predicted octanol–water partition coefficient (Wildman–Crippen LogP) is 3.14. The monoisotopic (exact) mass is 298 g/mol. The van der Waals surface area contributed by atoms with Crippen molar-refractivity contribution in [3.05, 3.63) is 52.2 Å². The third-order valence-corrected chi connectivity index (χ3v) is 3.72. The van der Waals surface area contributed by atoms with Crippen molar-refractivity contribution in [3.63, 3.8) is 0 Å². The fourth-order valence-electron chi connectivity index (χ4n) is 1.86.